The van der Waals surface area contributed by atoms with Gasteiger partial charge in [-0.05, 0) is 23.6 Å². The first kappa shape index (κ1) is 12.2. The average Bonchev–Trinajstić information content (AvgIpc) is 2.86. The normalized spacial score (nSPS) is 10.4. The van der Waals surface area contributed by atoms with Crippen molar-refractivity contribution in [1.82, 2.24) is 9.97 Å². The predicted molar refractivity (Wildman–Crippen MR) is 69.4 cm³/mol. The first-order valence-electron chi connectivity index (χ1n) is 5.79. The van der Waals surface area contributed by atoms with Gasteiger partial charge in [0.05, 0.1) is 18.9 Å². The summed E-state index contributed by atoms with van der Waals surface area (Å²) < 4.78 is 5.33. The van der Waals surface area contributed by atoms with Crippen LogP contribution in [0.2, 0.25) is 0 Å². The van der Waals surface area contributed by atoms with Crippen molar-refractivity contribution in [2.24, 2.45) is 0 Å². The van der Waals surface area contributed by atoms with Gasteiger partial charge in [-0.25, -0.2) is 4.98 Å². The number of methoxy groups -OCH3 is 1. The van der Waals surface area contributed by atoms with Gasteiger partial charge in [-0.1, -0.05) is 19.9 Å². The van der Waals surface area contributed by atoms with E-state index < -0.39 is 0 Å². The molecule has 0 radical (unpaired) electrons. The summed E-state index contributed by atoms with van der Waals surface area (Å²) in [6.07, 6.45) is 1.52. The molecule has 92 valence electrons. The molecular formula is C14H15N3O. The zero-order valence-electron chi connectivity index (χ0n) is 10.7. The van der Waals surface area contributed by atoms with Gasteiger partial charge in [-0.3, -0.25) is 0 Å². The molecule has 0 atom stereocenters. The number of ether oxygens (including phenoxy) is 1. The highest BCUT2D eigenvalue weighted by molar-refractivity contribution is 5.66. The van der Waals surface area contributed by atoms with Crippen LogP contribution in [0, 0.1) is 11.3 Å². The number of nitrogens with zero attached hydrogens (tertiary/aromatic N) is 2. The summed E-state index contributed by atoms with van der Waals surface area (Å²) in [5.41, 5.74) is 2.54. The van der Waals surface area contributed by atoms with E-state index in [-0.39, 0.29) is 0 Å². The lowest BCUT2D eigenvalue weighted by Crippen LogP contribution is -1.93. The van der Waals surface area contributed by atoms with Gasteiger partial charge in [-0.2, -0.15) is 5.26 Å². The van der Waals surface area contributed by atoms with E-state index in [9.17, 15) is 0 Å². The number of H-pyrrole nitrogens is 1. The van der Waals surface area contributed by atoms with Crippen LogP contribution in [0.1, 0.15) is 31.0 Å². The summed E-state index contributed by atoms with van der Waals surface area (Å²) in [5, 5.41) is 8.81. The number of hydrogen-bond acceptors (Lipinski definition) is 3. The minimum atomic E-state index is 0.431. The van der Waals surface area contributed by atoms with Crippen LogP contribution in [0.4, 0.5) is 0 Å². The van der Waals surface area contributed by atoms with Crippen molar-refractivity contribution in [2.45, 2.75) is 19.8 Å². The summed E-state index contributed by atoms with van der Waals surface area (Å²) in [4.78, 5) is 7.18. The predicted octanol–water partition coefficient (Wildman–Crippen LogP) is 3.08. The minimum Gasteiger partial charge on any atom is -0.496 e. The van der Waals surface area contributed by atoms with Crippen LogP contribution in [0.5, 0.6) is 5.75 Å². The number of rotatable bonds is 3. The third-order valence-corrected chi connectivity index (χ3v) is 2.84. The highest BCUT2D eigenvalue weighted by atomic mass is 16.5. The summed E-state index contributed by atoms with van der Waals surface area (Å²) in [7, 11) is 1.63. The van der Waals surface area contributed by atoms with Crippen LogP contribution < -0.4 is 4.74 Å². The van der Waals surface area contributed by atoms with Gasteiger partial charge >= 0.3 is 0 Å². The van der Waals surface area contributed by atoms with E-state index in [0.717, 1.165) is 11.3 Å². The van der Waals surface area contributed by atoms with Crippen molar-refractivity contribution in [1.29, 1.82) is 5.26 Å². The molecule has 18 heavy (non-hydrogen) atoms. The lowest BCUT2D eigenvalue weighted by molar-refractivity contribution is 0.416. The van der Waals surface area contributed by atoms with Gasteiger partial charge in [0.2, 0.25) is 0 Å². The molecule has 0 aliphatic rings. The van der Waals surface area contributed by atoms with Gasteiger partial charge in [0.1, 0.15) is 23.3 Å². The molecule has 1 aromatic heterocycles. The molecule has 0 amide bonds. The van der Waals surface area contributed by atoms with Crippen LogP contribution in [0.15, 0.2) is 24.4 Å². The Kier molecular flexibility index (Phi) is 3.33. The number of hydrogen-bond donors (Lipinski definition) is 1. The molecule has 0 bridgehead atoms. The molecule has 1 N–H and O–H groups in total. The average molecular weight is 241 g/mol. The fourth-order valence-corrected chi connectivity index (χ4v) is 1.78. The number of benzene rings is 1. The topological polar surface area (TPSA) is 61.7 Å². The van der Waals surface area contributed by atoms with Gasteiger partial charge in [0.15, 0.2) is 0 Å². The van der Waals surface area contributed by atoms with Crippen molar-refractivity contribution >= 4 is 0 Å². The fourth-order valence-electron chi connectivity index (χ4n) is 1.78. The molecular weight excluding hydrogens is 226 g/mol. The number of aromatic amines is 1. The molecule has 2 rings (SSSR count). The fraction of sp³-hybridized carbons (Fsp3) is 0.286. The zero-order chi connectivity index (χ0) is 13.1. The van der Waals surface area contributed by atoms with E-state index in [4.69, 9.17) is 10.00 Å². The maximum atomic E-state index is 8.81. The van der Waals surface area contributed by atoms with Crippen LogP contribution in [0.25, 0.3) is 11.4 Å². The molecule has 0 unspecified atom stereocenters. The van der Waals surface area contributed by atoms with Crippen LogP contribution in [-0.4, -0.2) is 17.1 Å². The molecule has 4 heteroatoms. The van der Waals surface area contributed by atoms with Crippen molar-refractivity contribution in [3.8, 4) is 23.2 Å². The third-order valence-electron chi connectivity index (χ3n) is 2.84. The molecule has 0 aliphatic heterocycles. The second-order valence-corrected chi connectivity index (χ2v) is 4.37. The van der Waals surface area contributed by atoms with Crippen molar-refractivity contribution in [3.63, 3.8) is 0 Å². The Balaban J connectivity index is 2.53. The van der Waals surface area contributed by atoms with Crippen molar-refractivity contribution in [3.05, 3.63) is 35.7 Å². The monoisotopic (exact) mass is 241 g/mol. The number of imidazole rings is 1. The first-order chi connectivity index (χ1) is 8.65. The molecule has 0 fully saturated rings. The van der Waals surface area contributed by atoms with Gasteiger partial charge in [-0.15, -0.1) is 0 Å². The summed E-state index contributed by atoms with van der Waals surface area (Å²) in [5.74, 6) is 1.84. The maximum Gasteiger partial charge on any atom is 0.142 e. The smallest absolute Gasteiger partial charge is 0.142 e. The molecule has 0 saturated carbocycles. The Morgan fingerprint density at radius 1 is 1.39 bits per heavy atom. The second kappa shape index (κ2) is 4.92. The van der Waals surface area contributed by atoms with Crippen molar-refractivity contribution in [2.75, 3.05) is 7.11 Å². The number of nitrogens with one attached hydrogen (secondary N) is 1. The van der Waals surface area contributed by atoms with Crippen molar-refractivity contribution < 1.29 is 4.74 Å². The van der Waals surface area contributed by atoms with Gasteiger partial charge in [0.25, 0.3) is 0 Å². The van der Waals surface area contributed by atoms with E-state index in [1.165, 1.54) is 11.8 Å². The maximum absolute atomic E-state index is 8.81. The molecule has 0 saturated heterocycles. The summed E-state index contributed by atoms with van der Waals surface area (Å²) >= 11 is 0. The molecule has 2 aromatic rings. The third kappa shape index (κ3) is 2.21. The summed E-state index contributed by atoms with van der Waals surface area (Å²) in [6, 6.07) is 8.05. The largest absolute Gasteiger partial charge is 0.496 e. The van der Waals surface area contributed by atoms with E-state index in [2.05, 4.69) is 23.8 Å². The lowest BCUT2D eigenvalue weighted by atomic mass is 10.00. The second-order valence-electron chi connectivity index (χ2n) is 4.37. The van der Waals surface area contributed by atoms with E-state index in [1.54, 1.807) is 7.11 Å². The highest BCUT2D eigenvalue weighted by Crippen LogP contribution is 2.31. The zero-order valence-corrected chi connectivity index (χ0v) is 10.7. The van der Waals surface area contributed by atoms with Crippen LogP contribution in [-0.2, 0) is 0 Å². The van der Waals surface area contributed by atoms with E-state index >= 15 is 0 Å². The quantitative estimate of drug-likeness (QED) is 0.898. The highest BCUT2D eigenvalue weighted by Gasteiger charge is 2.11. The van der Waals surface area contributed by atoms with Gasteiger partial charge in [0, 0.05) is 0 Å². The Morgan fingerprint density at radius 2 is 2.17 bits per heavy atom. The standard InChI is InChI=1S/C14H15N3O/c1-9(2)10-4-5-13(18-3)12(6-10)14-16-8-11(7-15)17-14/h4-6,8-9H,1-3H3,(H,16,17). The molecule has 1 heterocycles. The lowest BCUT2D eigenvalue weighted by Gasteiger charge is -2.11. The van der Waals surface area contributed by atoms with Gasteiger partial charge < -0.3 is 9.72 Å². The summed E-state index contributed by atoms with van der Waals surface area (Å²) in [6.45, 7) is 4.27. The van der Waals surface area contributed by atoms with E-state index in [1.807, 2.05) is 24.3 Å². The minimum absolute atomic E-state index is 0.431. The van der Waals surface area contributed by atoms with E-state index in [0.29, 0.717) is 17.4 Å². The molecule has 0 spiro atoms. The molecule has 4 nitrogen and oxygen atoms in total. The Bertz CT molecular complexity index is 593. The van der Waals surface area contributed by atoms with Crippen LogP contribution >= 0.6 is 0 Å². The Hall–Kier alpha value is -2.28. The molecule has 1 aromatic carbocycles. The Morgan fingerprint density at radius 3 is 2.72 bits per heavy atom. The molecule has 0 aliphatic carbocycles. The SMILES string of the molecule is COc1ccc(C(C)C)cc1-c1ncc(C#N)[nH]1. The van der Waals surface area contributed by atoms with Crippen LogP contribution in [0.3, 0.4) is 0 Å². The number of nitriles is 1. The number of aromatic nitrogens is 2. The first-order valence-corrected chi connectivity index (χ1v) is 5.79. The Labute approximate surface area is 106 Å².